The van der Waals surface area contributed by atoms with Gasteiger partial charge in [0.2, 0.25) is 11.8 Å². The van der Waals surface area contributed by atoms with Crippen molar-refractivity contribution in [2.24, 2.45) is 0 Å². The summed E-state index contributed by atoms with van der Waals surface area (Å²) in [5, 5.41) is 0.615. The molecular formula is C28H36ClN3O3. The number of ether oxygens (including phenoxy) is 1. The Hall–Kier alpha value is -2.41. The van der Waals surface area contributed by atoms with E-state index in [4.69, 9.17) is 16.3 Å². The number of amides is 2. The Labute approximate surface area is 213 Å². The highest BCUT2D eigenvalue weighted by molar-refractivity contribution is 6.31. The summed E-state index contributed by atoms with van der Waals surface area (Å²) in [7, 11) is 0. The zero-order valence-corrected chi connectivity index (χ0v) is 21.4. The van der Waals surface area contributed by atoms with Gasteiger partial charge < -0.3 is 19.4 Å². The van der Waals surface area contributed by atoms with Crippen molar-refractivity contribution < 1.29 is 14.3 Å². The normalized spacial score (nSPS) is 18.9. The molecule has 1 fully saturated rings. The molecular weight excluding hydrogens is 462 g/mol. The van der Waals surface area contributed by atoms with Crippen molar-refractivity contribution in [2.45, 2.75) is 51.6 Å². The summed E-state index contributed by atoms with van der Waals surface area (Å²) >= 11 is 6.36. The van der Waals surface area contributed by atoms with Crippen molar-refractivity contribution in [3.05, 3.63) is 64.7 Å². The van der Waals surface area contributed by atoms with Gasteiger partial charge in [-0.25, -0.2) is 0 Å². The molecule has 0 radical (unpaired) electrons. The molecule has 188 valence electrons. The Morgan fingerprint density at radius 3 is 2.37 bits per heavy atom. The molecule has 2 aromatic carbocycles. The predicted octanol–water partition coefficient (Wildman–Crippen LogP) is 4.54. The summed E-state index contributed by atoms with van der Waals surface area (Å²) in [6, 6.07) is 16.0. The van der Waals surface area contributed by atoms with E-state index >= 15 is 0 Å². The van der Waals surface area contributed by atoms with E-state index in [1.54, 1.807) is 6.92 Å². The molecule has 2 aliphatic rings. The molecule has 4 rings (SSSR count). The number of carbonyl (C=O) groups is 2. The van der Waals surface area contributed by atoms with Crippen LogP contribution in [0.4, 0.5) is 5.69 Å². The fourth-order valence-electron chi connectivity index (χ4n) is 5.19. The molecule has 7 heteroatoms. The topological polar surface area (TPSA) is 53.1 Å². The van der Waals surface area contributed by atoms with E-state index in [1.165, 1.54) is 0 Å². The van der Waals surface area contributed by atoms with Crippen LogP contribution in [0.2, 0.25) is 5.02 Å². The molecule has 0 unspecified atom stereocenters. The average Bonchev–Trinajstić information content (AvgIpc) is 2.86. The van der Waals surface area contributed by atoms with Gasteiger partial charge in [-0.05, 0) is 48.9 Å². The van der Waals surface area contributed by atoms with Gasteiger partial charge in [-0.1, -0.05) is 48.0 Å². The molecule has 0 saturated carbocycles. The lowest BCUT2D eigenvalue weighted by Crippen LogP contribution is -2.44. The van der Waals surface area contributed by atoms with E-state index in [2.05, 4.69) is 4.90 Å². The largest absolute Gasteiger partial charge is 0.381 e. The Bertz CT molecular complexity index is 1010. The maximum atomic E-state index is 13.5. The molecule has 35 heavy (non-hydrogen) atoms. The van der Waals surface area contributed by atoms with Crippen LogP contribution in [0.15, 0.2) is 48.5 Å². The van der Waals surface area contributed by atoms with Crippen LogP contribution in [0.25, 0.3) is 0 Å². The lowest BCUT2D eigenvalue weighted by molar-refractivity contribution is -0.131. The molecule has 2 aliphatic heterocycles. The highest BCUT2D eigenvalue weighted by Crippen LogP contribution is 2.25. The van der Waals surface area contributed by atoms with Gasteiger partial charge in [-0.2, -0.15) is 0 Å². The Kier molecular flexibility index (Phi) is 9.18. The number of nitrogens with zero attached hydrogens (tertiary/aromatic N) is 3. The minimum atomic E-state index is 0.0288. The van der Waals surface area contributed by atoms with Crippen LogP contribution in [0.5, 0.6) is 0 Å². The third kappa shape index (κ3) is 6.84. The first-order valence-corrected chi connectivity index (χ1v) is 13.1. The van der Waals surface area contributed by atoms with Gasteiger partial charge in [-0.15, -0.1) is 0 Å². The number of benzene rings is 2. The van der Waals surface area contributed by atoms with Gasteiger partial charge in [0, 0.05) is 69.6 Å². The second-order valence-electron chi connectivity index (χ2n) is 9.47. The molecule has 0 atom stereocenters. The van der Waals surface area contributed by atoms with Gasteiger partial charge in [-0.3, -0.25) is 9.59 Å². The number of hydrogen-bond donors (Lipinski definition) is 0. The van der Waals surface area contributed by atoms with E-state index in [0.29, 0.717) is 30.7 Å². The first kappa shape index (κ1) is 25.7. The summed E-state index contributed by atoms with van der Waals surface area (Å²) in [5.41, 5.74) is 2.73. The second-order valence-corrected chi connectivity index (χ2v) is 9.88. The molecule has 1 saturated heterocycles. The standard InChI is InChI=1S/C28H36ClN3O3/c1-22(33)32-17-7-15-30(25-12-18-35-19-13-25)14-6-16-31(21-24-9-3-5-11-27(24)32)28(34)20-23-8-2-4-10-26(23)29/h2-5,8-11,25H,6-7,12-21H2,1H3. The quantitative estimate of drug-likeness (QED) is 0.624. The maximum absolute atomic E-state index is 13.5. The maximum Gasteiger partial charge on any atom is 0.227 e. The van der Waals surface area contributed by atoms with E-state index in [1.807, 2.05) is 58.3 Å². The Morgan fingerprint density at radius 1 is 0.943 bits per heavy atom. The first-order chi connectivity index (χ1) is 17.0. The lowest BCUT2D eigenvalue weighted by Gasteiger charge is -2.36. The van der Waals surface area contributed by atoms with E-state index in [-0.39, 0.29) is 18.2 Å². The van der Waals surface area contributed by atoms with Crippen molar-refractivity contribution in [2.75, 3.05) is 44.3 Å². The zero-order valence-electron chi connectivity index (χ0n) is 20.6. The zero-order chi connectivity index (χ0) is 24.6. The van der Waals surface area contributed by atoms with E-state index in [0.717, 1.165) is 68.8 Å². The molecule has 0 aromatic heterocycles. The van der Waals surface area contributed by atoms with Crippen molar-refractivity contribution >= 4 is 29.1 Å². The number of hydrogen-bond acceptors (Lipinski definition) is 4. The van der Waals surface area contributed by atoms with Crippen LogP contribution >= 0.6 is 11.6 Å². The summed E-state index contributed by atoms with van der Waals surface area (Å²) < 4.78 is 5.59. The van der Waals surface area contributed by atoms with Crippen LogP contribution in [0.3, 0.4) is 0 Å². The molecule has 2 amide bonds. The highest BCUT2D eigenvalue weighted by atomic mass is 35.5. The first-order valence-electron chi connectivity index (χ1n) is 12.7. The monoisotopic (exact) mass is 497 g/mol. The van der Waals surface area contributed by atoms with Gasteiger partial charge in [0.1, 0.15) is 0 Å². The summed E-state index contributed by atoms with van der Waals surface area (Å²) in [4.78, 5) is 32.5. The van der Waals surface area contributed by atoms with Crippen LogP contribution in [0, 0.1) is 0 Å². The molecule has 2 heterocycles. The van der Waals surface area contributed by atoms with E-state index < -0.39 is 0 Å². The van der Waals surface area contributed by atoms with Crippen LogP contribution in [-0.4, -0.2) is 67.0 Å². The lowest BCUT2D eigenvalue weighted by atomic mass is 10.1. The third-order valence-corrected chi connectivity index (χ3v) is 7.45. The number of halogens is 1. The number of carbonyl (C=O) groups excluding carboxylic acids is 2. The predicted molar refractivity (Wildman–Crippen MR) is 140 cm³/mol. The van der Waals surface area contributed by atoms with Crippen molar-refractivity contribution in [1.29, 1.82) is 0 Å². The summed E-state index contributed by atoms with van der Waals surface area (Å²) in [6.45, 7) is 6.90. The second kappa shape index (κ2) is 12.5. The Morgan fingerprint density at radius 2 is 1.63 bits per heavy atom. The number of fused-ring (bicyclic) bond motifs is 1. The van der Waals surface area contributed by atoms with Crippen molar-refractivity contribution in [3.8, 4) is 0 Å². The van der Waals surface area contributed by atoms with E-state index in [9.17, 15) is 9.59 Å². The minimum absolute atomic E-state index is 0.0288. The number of anilines is 1. The molecule has 2 aromatic rings. The van der Waals surface area contributed by atoms with Crippen LogP contribution in [-0.2, 0) is 27.3 Å². The Balaban J connectivity index is 1.60. The smallest absolute Gasteiger partial charge is 0.227 e. The molecule has 0 N–H and O–H groups in total. The fraction of sp³-hybridized carbons (Fsp3) is 0.500. The van der Waals surface area contributed by atoms with Gasteiger partial charge in [0.15, 0.2) is 0 Å². The summed E-state index contributed by atoms with van der Waals surface area (Å²) in [6.07, 6.45) is 4.16. The van der Waals surface area contributed by atoms with Gasteiger partial charge in [0.25, 0.3) is 0 Å². The third-order valence-electron chi connectivity index (χ3n) is 7.08. The molecule has 0 bridgehead atoms. The summed E-state index contributed by atoms with van der Waals surface area (Å²) in [5.74, 6) is 0.0815. The van der Waals surface area contributed by atoms with Crippen molar-refractivity contribution in [1.82, 2.24) is 9.80 Å². The number of para-hydroxylation sites is 1. The van der Waals surface area contributed by atoms with Crippen molar-refractivity contribution in [3.63, 3.8) is 0 Å². The minimum Gasteiger partial charge on any atom is -0.381 e. The van der Waals surface area contributed by atoms with Gasteiger partial charge >= 0.3 is 0 Å². The van der Waals surface area contributed by atoms with Gasteiger partial charge in [0.05, 0.1) is 6.42 Å². The number of rotatable bonds is 3. The molecule has 0 aliphatic carbocycles. The molecule has 0 spiro atoms. The average molecular weight is 498 g/mol. The highest BCUT2D eigenvalue weighted by Gasteiger charge is 2.25. The molecule has 6 nitrogen and oxygen atoms in total. The van der Waals surface area contributed by atoms with Crippen LogP contribution < -0.4 is 4.90 Å². The fourth-order valence-corrected chi connectivity index (χ4v) is 5.40. The van der Waals surface area contributed by atoms with Crippen LogP contribution in [0.1, 0.15) is 43.7 Å². The SMILES string of the molecule is CC(=O)N1CCCN(C2CCOCC2)CCCN(C(=O)Cc2ccccc2Cl)Cc2ccccc21.